The summed E-state index contributed by atoms with van der Waals surface area (Å²) in [6.07, 6.45) is 2.51. The van der Waals surface area contributed by atoms with Crippen LogP contribution in [0.4, 0.5) is 11.8 Å². The largest absolute Gasteiger partial charge is 0.383 e. The van der Waals surface area contributed by atoms with Crippen LogP contribution in [0.5, 0.6) is 0 Å². The fourth-order valence-electron chi connectivity index (χ4n) is 1.07. The number of rotatable bonds is 5. The van der Waals surface area contributed by atoms with Crippen LogP contribution in [-0.2, 0) is 10.8 Å². The fraction of sp³-hybridized carbons (Fsp3) is 0.556. The lowest BCUT2D eigenvalue weighted by molar-refractivity contribution is 0.672. The molecule has 0 spiro atoms. The van der Waals surface area contributed by atoms with Gasteiger partial charge in [-0.2, -0.15) is 4.98 Å². The Morgan fingerprint density at radius 3 is 2.88 bits per heavy atom. The molecule has 5 nitrogen and oxygen atoms in total. The van der Waals surface area contributed by atoms with Crippen molar-refractivity contribution in [2.24, 2.45) is 0 Å². The van der Waals surface area contributed by atoms with E-state index in [1.54, 1.807) is 12.3 Å². The van der Waals surface area contributed by atoms with Crippen molar-refractivity contribution in [3.8, 4) is 0 Å². The third-order valence-corrected chi connectivity index (χ3v) is 3.89. The highest BCUT2D eigenvalue weighted by atomic mass is 79.9. The first-order valence-electron chi connectivity index (χ1n) is 4.85. The molecule has 0 aliphatic carbocycles. The van der Waals surface area contributed by atoms with Gasteiger partial charge in [0.1, 0.15) is 10.4 Å². The van der Waals surface area contributed by atoms with Crippen LogP contribution in [0.1, 0.15) is 13.3 Å². The second kappa shape index (κ2) is 6.15. The van der Waals surface area contributed by atoms with Crippen LogP contribution in [0.3, 0.4) is 0 Å². The Morgan fingerprint density at radius 2 is 2.31 bits per heavy atom. The van der Waals surface area contributed by atoms with Gasteiger partial charge in [-0.1, -0.05) is 6.92 Å². The highest BCUT2D eigenvalue weighted by molar-refractivity contribution is 9.10. The van der Waals surface area contributed by atoms with Crippen LogP contribution in [-0.4, -0.2) is 32.2 Å². The molecule has 0 fully saturated rings. The third kappa shape index (κ3) is 4.44. The molecule has 1 heterocycles. The SMILES string of the molecule is CC(CCNc1nc(N)cc(Br)n1)S(C)=O. The summed E-state index contributed by atoms with van der Waals surface area (Å²) in [5.74, 6) is 0.900. The van der Waals surface area contributed by atoms with E-state index in [2.05, 4.69) is 31.2 Å². The Morgan fingerprint density at radius 1 is 1.62 bits per heavy atom. The number of anilines is 2. The van der Waals surface area contributed by atoms with Crippen LogP contribution in [0.2, 0.25) is 0 Å². The first-order valence-corrected chi connectivity index (χ1v) is 7.26. The standard InChI is InChI=1S/C9H15BrN4OS/c1-6(16(2)15)3-4-12-9-13-7(10)5-8(11)14-9/h5-6H,3-4H2,1-2H3,(H3,11,12,13,14). The summed E-state index contributed by atoms with van der Waals surface area (Å²) >= 11 is 3.24. The molecule has 0 radical (unpaired) electrons. The monoisotopic (exact) mass is 306 g/mol. The van der Waals surface area contributed by atoms with Crippen molar-refractivity contribution >= 4 is 38.5 Å². The second-order valence-electron chi connectivity index (χ2n) is 3.46. The van der Waals surface area contributed by atoms with Gasteiger partial charge in [-0.05, 0) is 22.4 Å². The number of hydrogen-bond acceptors (Lipinski definition) is 5. The van der Waals surface area contributed by atoms with E-state index >= 15 is 0 Å². The van der Waals surface area contributed by atoms with Crippen molar-refractivity contribution in [2.75, 3.05) is 23.9 Å². The Labute approximate surface area is 106 Å². The average Bonchev–Trinajstić information content (AvgIpc) is 2.15. The molecule has 1 aromatic heterocycles. The van der Waals surface area contributed by atoms with Gasteiger partial charge in [-0.15, -0.1) is 0 Å². The Kier molecular flexibility index (Phi) is 5.14. The molecule has 1 aromatic rings. The Balaban J connectivity index is 2.46. The van der Waals surface area contributed by atoms with E-state index in [-0.39, 0.29) is 5.25 Å². The lowest BCUT2D eigenvalue weighted by atomic mass is 10.3. The maximum Gasteiger partial charge on any atom is 0.225 e. The summed E-state index contributed by atoms with van der Waals surface area (Å²) in [5.41, 5.74) is 5.57. The Bertz CT molecular complexity index is 368. The smallest absolute Gasteiger partial charge is 0.225 e. The average molecular weight is 307 g/mol. The number of aromatic nitrogens is 2. The molecule has 2 atom stereocenters. The van der Waals surface area contributed by atoms with E-state index in [4.69, 9.17) is 5.73 Å². The van der Waals surface area contributed by atoms with Crippen molar-refractivity contribution in [1.82, 2.24) is 9.97 Å². The van der Waals surface area contributed by atoms with Gasteiger partial charge in [0.15, 0.2) is 0 Å². The van der Waals surface area contributed by atoms with Crippen LogP contribution >= 0.6 is 15.9 Å². The molecule has 0 bridgehead atoms. The van der Waals surface area contributed by atoms with E-state index in [1.165, 1.54) is 0 Å². The lowest BCUT2D eigenvalue weighted by Gasteiger charge is -2.09. The molecule has 90 valence electrons. The topological polar surface area (TPSA) is 80.9 Å². The normalized spacial score (nSPS) is 14.4. The fourth-order valence-corrected chi connectivity index (χ4v) is 1.92. The molecule has 3 N–H and O–H groups in total. The zero-order chi connectivity index (χ0) is 12.1. The number of nitrogen functional groups attached to an aromatic ring is 1. The number of nitrogens with two attached hydrogens (primary N) is 1. The minimum absolute atomic E-state index is 0.164. The Hall–Kier alpha value is -0.690. The van der Waals surface area contributed by atoms with Crippen molar-refractivity contribution in [2.45, 2.75) is 18.6 Å². The lowest BCUT2D eigenvalue weighted by Crippen LogP contribution is -2.16. The first-order chi connectivity index (χ1) is 7.49. The van der Waals surface area contributed by atoms with E-state index in [1.807, 2.05) is 6.92 Å². The van der Waals surface area contributed by atoms with Gasteiger partial charge in [0.25, 0.3) is 0 Å². The minimum Gasteiger partial charge on any atom is -0.383 e. The molecule has 0 aromatic carbocycles. The van der Waals surface area contributed by atoms with Crippen LogP contribution in [0, 0.1) is 0 Å². The molecular formula is C9H15BrN4OS. The zero-order valence-electron chi connectivity index (χ0n) is 9.24. The summed E-state index contributed by atoms with van der Waals surface area (Å²) in [6, 6.07) is 1.63. The molecule has 0 aliphatic heterocycles. The van der Waals surface area contributed by atoms with Gasteiger partial charge in [-0.25, -0.2) is 4.98 Å². The molecule has 0 saturated heterocycles. The summed E-state index contributed by atoms with van der Waals surface area (Å²) in [7, 11) is -0.792. The predicted octanol–water partition coefficient (Wildman–Crippen LogP) is 1.39. The van der Waals surface area contributed by atoms with E-state index in [9.17, 15) is 4.21 Å². The van der Waals surface area contributed by atoms with Crippen LogP contribution in [0.25, 0.3) is 0 Å². The highest BCUT2D eigenvalue weighted by Gasteiger charge is 2.06. The van der Waals surface area contributed by atoms with Crippen LogP contribution in [0.15, 0.2) is 10.7 Å². The molecule has 0 saturated carbocycles. The van der Waals surface area contributed by atoms with Crippen molar-refractivity contribution in [3.63, 3.8) is 0 Å². The van der Waals surface area contributed by atoms with Crippen LogP contribution < -0.4 is 11.1 Å². The van der Waals surface area contributed by atoms with Gasteiger partial charge in [0, 0.05) is 34.9 Å². The number of halogens is 1. The van der Waals surface area contributed by atoms with Crippen molar-refractivity contribution < 1.29 is 4.21 Å². The second-order valence-corrected chi connectivity index (χ2v) is 6.08. The van der Waals surface area contributed by atoms with Gasteiger partial charge in [0.2, 0.25) is 5.95 Å². The quantitative estimate of drug-likeness (QED) is 0.804. The highest BCUT2D eigenvalue weighted by Crippen LogP contribution is 2.12. The third-order valence-electron chi connectivity index (χ3n) is 2.12. The molecule has 2 unspecified atom stereocenters. The van der Waals surface area contributed by atoms with Gasteiger partial charge in [-0.3, -0.25) is 4.21 Å². The van der Waals surface area contributed by atoms with Crippen molar-refractivity contribution in [1.29, 1.82) is 0 Å². The maximum absolute atomic E-state index is 11.1. The summed E-state index contributed by atoms with van der Waals surface area (Å²) in [5, 5.41) is 3.21. The zero-order valence-corrected chi connectivity index (χ0v) is 11.6. The molecule has 1 rings (SSSR count). The molecular weight excluding hydrogens is 292 g/mol. The number of nitrogens with zero attached hydrogens (tertiary/aromatic N) is 2. The molecule has 7 heteroatoms. The van der Waals surface area contributed by atoms with E-state index < -0.39 is 10.8 Å². The minimum atomic E-state index is -0.792. The maximum atomic E-state index is 11.1. The van der Waals surface area contributed by atoms with E-state index in [0.717, 1.165) is 6.42 Å². The predicted molar refractivity (Wildman–Crippen MR) is 70.8 cm³/mol. The molecule has 16 heavy (non-hydrogen) atoms. The summed E-state index contributed by atoms with van der Waals surface area (Å²) in [6.45, 7) is 2.63. The first kappa shape index (κ1) is 13.4. The number of nitrogens with one attached hydrogen (secondary N) is 1. The van der Waals surface area contributed by atoms with Gasteiger partial charge >= 0.3 is 0 Å². The van der Waals surface area contributed by atoms with Crippen molar-refractivity contribution in [3.05, 3.63) is 10.7 Å². The number of hydrogen-bond donors (Lipinski definition) is 2. The van der Waals surface area contributed by atoms with Gasteiger partial charge < -0.3 is 11.1 Å². The summed E-state index contributed by atoms with van der Waals surface area (Å²) < 4.78 is 11.8. The van der Waals surface area contributed by atoms with E-state index in [0.29, 0.717) is 22.9 Å². The molecule has 0 amide bonds. The van der Waals surface area contributed by atoms with Gasteiger partial charge in [0.05, 0.1) is 0 Å². The summed E-state index contributed by atoms with van der Waals surface area (Å²) in [4.78, 5) is 8.14. The molecule has 0 aliphatic rings.